The van der Waals surface area contributed by atoms with E-state index < -0.39 is 5.97 Å². The van der Waals surface area contributed by atoms with Gasteiger partial charge in [-0.1, -0.05) is 86.6 Å². The lowest BCUT2D eigenvalue weighted by Crippen LogP contribution is -2.31. The van der Waals surface area contributed by atoms with Crippen molar-refractivity contribution in [2.75, 3.05) is 6.54 Å². The summed E-state index contributed by atoms with van der Waals surface area (Å²) in [4.78, 5) is 26.9. The summed E-state index contributed by atoms with van der Waals surface area (Å²) in [5.74, 6) is 0.112. The van der Waals surface area contributed by atoms with Crippen LogP contribution in [0.15, 0.2) is 97.1 Å². The third kappa shape index (κ3) is 7.29. The Bertz CT molecular complexity index is 1420. The number of carboxylic acids is 1. The Morgan fingerprint density at radius 2 is 1.30 bits per heavy atom. The number of carbonyl (C=O) groups excluding carboxylic acids is 1. The van der Waals surface area contributed by atoms with Crippen molar-refractivity contribution in [3.05, 3.63) is 130 Å². The minimum absolute atomic E-state index is 0.110. The van der Waals surface area contributed by atoms with Crippen LogP contribution in [0.5, 0.6) is 11.5 Å². The lowest BCUT2D eigenvalue weighted by atomic mass is 9.98. The van der Waals surface area contributed by atoms with Crippen molar-refractivity contribution in [2.45, 2.75) is 46.4 Å². The van der Waals surface area contributed by atoms with Gasteiger partial charge in [-0.2, -0.15) is 0 Å². The molecule has 6 heteroatoms. The molecular formula is C34H35NO5. The molecular weight excluding hydrogens is 502 g/mol. The van der Waals surface area contributed by atoms with E-state index in [9.17, 15) is 14.7 Å². The highest BCUT2D eigenvalue weighted by molar-refractivity contribution is 5.97. The van der Waals surface area contributed by atoms with Gasteiger partial charge < -0.3 is 19.5 Å². The van der Waals surface area contributed by atoms with E-state index in [2.05, 4.69) is 13.8 Å². The van der Waals surface area contributed by atoms with Gasteiger partial charge in [-0.15, -0.1) is 0 Å². The molecule has 40 heavy (non-hydrogen) atoms. The first-order valence-electron chi connectivity index (χ1n) is 13.5. The van der Waals surface area contributed by atoms with Crippen molar-refractivity contribution in [2.24, 2.45) is 0 Å². The Morgan fingerprint density at radius 3 is 1.80 bits per heavy atom. The molecule has 0 radical (unpaired) electrons. The third-order valence-corrected chi connectivity index (χ3v) is 6.68. The summed E-state index contributed by atoms with van der Waals surface area (Å²) in [7, 11) is 0. The van der Waals surface area contributed by atoms with E-state index >= 15 is 0 Å². The van der Waals surface area contributed by atoms with E-state index in [1.807, 2.05) is 79.7 Å². The largest absolute Gasteiger partial charge is 0.488 e. The molecule has 0 aliphatic carbocycles. The smallest absolute Gasteiger partial charge is 0.335 e. The Morgan fingerprint density at radius 1 is 0.750 bits per heavy atom. The van der Waals surface area contributed by atoms with Gasteiger partial charge in [0.2, 0.25) is 0 Å². The number of rotatable bonds is 12. The normalized spacial score (nSPS) is 10.8. The van der Waals surface area contributed by atoms with Crippen LogP contribution in [0.2, 0.25) is 0 Å². The fourth-order valence-corrected chi connectivity index (χ4v) is 4.38. The molecule has 206 valence electrons. The third-order valence-electron chi connectivity index (χ3n) is 6.68. The van der Waals surface area contributed by atoms with E-state index in [-0.39, 0.29) is 17.4 Å². The topological polar surface area (TPSA) is 76.1 Å². The fourth-order valence-electron chi connectivity index (χ4n) is 4.38. The number of hydrogen-bond acceptors (Lipinski definition) is 4. The Labute approximate surface area is 235 Å². The molecule has 0 heterocycles. The maximum absolute atomic E-state index is 14.0. The minimum Gasteiger partial charge on any atom is -0.488 e. The quantitative estimate of drug-likeness (QED) is 0.205. The number of carboxylic acid groups (broad SMARTS) is 1. The second-order valence-electron chi connectivity index (χ2n) is 9.91. The van der Waals surface area contributed by atoms with Gasteiger partial charge in [-0.05, 0) is 53.3 Å². The average Bonchev–Trinajstić information content (AvgIpc) is 2.98. The van der Waals surface area contributed by atoms with E-state index in [4.69, 9.17) is 9.47 Å². The standard InChI is InChI=1S/C34H35NO5/c1-4-35(21-25-15-17-28(18-16-25)34(37)38)33(36)30-19-29(24(2)3)31(39-22-26-11-7-5-8-12-26)20-32(30)40-23-27-13-9-6-10-14-27/h5-20,24H,4,21-23H2,1-3H3,(H,37,38). The van der Waals surface area contributed by atoms with Crippen LogP contribution in [0.4, 0.5) is 0 Å². The highest BCUT2D eigenvalue weighted by atomic mass is 16.5. The fraction of sp³-hybridized carbons (Fsp3) is 0.235. The summed E-state index contributed by atoms with van der Waals surface area (Å²) in [6, 6.07) is 30.1. The maximum Gasteiger partial charge on any atom is 0.335 e. The molecule has 0 saturated heterocycles. The van der Waals surface area contributed by atoms with Gasteiger partial charge in [0.15, 0.2) is 0 Å². The summed E-state index contributed by atoms with van der Waals surface area (Å²) in [6.07, 6.45) is 0. The molecule has 4 aromatic carbocycles. The molecule has 4 aromatic rings. The number of nitrogens with zero attached hydrogens (tertiary/aromatic N) is 1. The van der Waals surface area contributed by atoms with Gasteiger partial charge in [0, 0.05) is 19.2 Å². The lowest BCUT2D eigenvalue weighted by Gasteiger charge is -2.24. The molecule has 0 aromatic heterocycles. The molecule has 0 spiro atoms. The molecule has 0 atom stereocenters. The average molecular weight is 538 g/mol. The highest BCUT2D eigenvalue weighted by Crippen LogP contribution is 2.36. The van der Waals surface area contributed by atoms with Gasteiger partial charge >= 0.3 is 5.97 Å². The number of aromatic carboxylic acids is 1. The second kappa shape index (κ2) is 13.5. The maximum atomic E-state index is 14.0. The summed E-state index contributed by atoms with van der Waals surface area (Å²) >= 11 is 0. The van der Waals surface area contributed by atoms with Gasteiger partial charge in [0.1, 0.15) is 24.7 Å². The van der Waals surface area contributed by atoms with Crippen molar-refractivity contribution in [1.82, 2.24) is 4.90 Å². The molecule has 0 saturated carbocycles. The zero-order valence-electron chi connectivity index (χ0n) is 23.2. The first-order valence-corrected chi connectivity index (χ1v) is 13.5. The van der Waals surface area contributed by atoms with Gasteiger partial charge in [0.25, 0.3) is 5.91 Å². The van der Waals surface area contributed by atoms with Crippen molar-refractivity contribution in [1.29, 1.82) is 0 Å². The molecule has 0 fully saturated rings. The van der Waals surface area contributed by atoms with Crippen molar-refractivity contribution < 1.29 is 24.2 Å². The van der Waals surface area contributed by atoms with Crippen LogP contribution in [0, 0.1) is 0 Å². The lowest BCUT2D eigenvalue weighted by molar-refractivity contribution is 0.0694. The number of benzene rings is 4. The first kappa shape index (κ1) is 28.4. The van der Waals surface area contributed by atoms with Crippen LogP contribution in [0.25, 0.3) is 0 Å². The Hall–Kier alpha value is -4.58. The van der Waals surface area contributed by atoms with Crippen LogP contribution in [0.3, 0.4) is 0 Å². The zero-order chi connectivity index (χ0) is 28.5. The molecule has 0 unspecified atom stereocenters. The molecule has 4 rings (SSSR count). The Balaban J connectivity index is 1.67. The van der Waals surface area contributed by atoms with Gasteiger partial charge in [-0.3, -0.25) is 4.79 Å². The number of ether oxygens (including phenoxy) is 2. The molecule has 1 N–H and O–H groups in total. The second-order valence-corrected chi connectivity index (χ2v) is 9.91. The van der Waals surface area contributed by atoms with E-state index in [1.54, 1.807) is 29.2 Å². The SMILES string of the molecule is CCN(Cc1ccc(C(=O)O)cc1)C(=O)c1cc(C(C)C)c(OCc2ccccc2)cc1OCc1ccccc1. The summed E-state index contributed by atoms with van der Waals surface area (Å²) < 4.78 is 12.5. The summed E-state index contributed by atoms with van der Waals surface area (Å²) in [5, 5.41) is 9.21. The summed E-state index contributed by atoms with van der Waals surface area (Å²) in [5.41, 5.74) is 4.49. The van der Waals surface area contributed by atoms with E-state index in [1.165, 1.54) is 0 Å². The minimum atomic E-state index is -0.981. The Kier molecular flexibility index (Phi) is 9.57. The summed E-state index contributed by atoms with van der Waals surface area (Å²) in [6.45, 7) is 7.60. The van der Waals surface area contributed by atoms with E-state index in [0.29, 0.717) is 43.4 Å². The van der Waals surface area contributed by atoms with Crippen molar-refractivity contribution >= 4 is 11.9 Å². The number of carbonyl (C=O) groups is 2. The molecule has 0 aliphatic rings. The molecule has 1 amide bonds. The van der Waals surface area contributed by atoms with Crippen LogP contribution in [-0.4, -0.2) is 28.4 Å². The molecule has 0 aliphatic heterocycles. The van der Waals surface area contributed by atoms with Crippen LogP contribution in [0.1, 0.15) is 69.7 Å². The van der Waals surface area contributed by atoms with Crippen molar-refractivity contribution in [3.63, 3.8) is 0 Å². The van der Waals surface area contributed by atoms with Crippen LogP contribution in [-0.2, 0) is 19.8 Å². The first-order chi connectivity index (χ1) is 19.4. The zero-order valence-corrected chi connectivity index (χ0v) is 23.2. The van der Waals surface area contributed by atoms with Crippen LogP contribution >= 0.6 is 0 Å². The highest BCUT2D eigenvalue weighted by Gasteiger charge is 2.23. The number of amides is 1. The van der Waals surface area contributed by atoms with Crippen molar-refractivity contribution in [3.8, 4) is 11.5 Å². The van der Waals surface area contributed by atoms with E-state index in [0.717, 1.165) is 22.3 Å². The van der Waals surface area contributed by atoms with Gasteiger partial charge in [-0.25, -0.2) is 4.79 Å². The van der Waals surface area contributed by atoms with Gasteiger partial charge in [0.05, 0.1) is 11.1 Å². The molecule has 0 bridgehead atoms. The number of hydrogen-bond donors (Lipinski definition) is 1. The predicted octanol–water partition coefficient (Wildman–Crippen LogP) is 7.33. The monoisotopic (exact) mass is 537 g/mol. The predicted molar refractivity (Wildman–Crippen MR) is 156 cm³/mol. The molecule has 6 nitrogen and oxygen atoms in total. The van der Waals surface area contributed by atoms with Crippen LogP contribution < -0.4 is 9.47 Å².